The van der Waals surface area contributed by atoms with Crippen molar-refractivity contribution in [2.45, 2.75) is 25.3 Å². The molecule has 1 aliphatic rings. The van der Waals surface area contributed by atoms with E-state index in [1.165, 1.54) is 23.8 Å². The van der Waals surface area contributed by atoms with Crippen LogP contribution in [0.4, 0.5) is 11.8 Å². The molecule has 1 aromatic heterocycles. The number of benzene rings is 3. The standard InChI is InChI=1S/C32H33N5O3/c1-39-29-19-22(16-24-20-35-32(34)36-31(24)33)17-26(30(29)40-2)28(38)13-15-37-14-12-23-10-6-7-11-25(23)27(37)18-21-8-4-3-5-9-21/h3-11,13,15,17,19-20,27H,12,14,16,18H2,1-2H3,(H4,33,34,35,36)/b15-13+. The Balaban J connectivity index is 1.45. The molecule has 3 aromatic carbocycles. The van der Waals surface area contributed by atoms with Gasteiger partial charge in [0, 0.05) is 37.0 Å². The van der Waals surface area contributed by atoms with E-state index in [1.807, 2.05) is 18.3 Å². The van der Waals surface area contributed by atoms with Gasteiger partial charge in [-0.25, -0.2) is 4.98 Å². The van der Waals surface area contributed by atoms with Gasteiger partial charge in [0.2, 0.25) is 5.95 Å². The number of allylic oxidation sites excluding steroid dienone is 1. The first-order valence-electron chi connectivity index (χ1n) is 13.2. The van der Waals surface area contributed by atoms with Gasteiger partial charge in [0.25, 0.3) is 0 Å². The number of fused-ring (bicyclic) bond motifs is 1. The predicted molar refractivity (Wildman–Crippen MR) is 156 cm³/mol. The summed E-state index contributed by atoms with van der Waals surface area (Å²) in [4.78, 5) is 24.0. The second-order valence-corrected chi connectivity index (χ2v) is 9.77. The number of carbonyl (C=O) groups excluding carboxylic acids is 1. The number of aromatic nitrogens is 2. The summed E-state index contributed by atoms with van der Waals surface area (Å²) in [7, 11) is 3.08. The molecule has 8 heteroatoms. The zero-order chi connectivity index (χ0) is 28.1. The molecule has 0 saturated heterocycles. The maximum Gasteiger partial charge on any atom is 0.221 e. The predicted octanol–water partition coefficient (Wildman–Crippen LogP) is 4.79. The molecule has 4 N–H and O–H groups in total. The Morgan fingerprint density at radius 1 is 1.02 bits per heavy atom. The number of ketones is 1. The summed E-state index contributed by atoms with van der Waals surface area (Å²) in [6.07, 6.45) is 7.28. The highest BCUT2D eigenvalue weighted by molar-refractivity contribution is 6.07. The third-order valence-corrected chi connectivity index (χ3v) is 7.26. The number of nitrogens with zero attached hydrogens (tertiary/aromatic N) is 3. The molecule has 204 valence electrons. The molecular weight excluding hydrogens is 502 g/mol. The average Bonchev–Trinajstić information content (AvgIpc) is 2.98. The lowest BCUT2D eigenvalue weighted by molar-refractivity contribution is 0.104. The van der Waals surface area contributed by atoms with Crippen molar-refractivity contribution in [3.8, 4) is 11.5 Å². The van der Waals surface area contributed by atoms with E-state index in [1.54, 1.807) is 25.4 Å². The number of nitrogens with two attached hydrogens (primary N) is 2. The van der Waals surface area contributed by atoms with Gasteiger partial charge >= 0.3 is 0 Å². The van der Waals surface area contributed by atoms with Crippen molar-refractivity contribution in [1.82, 2.24) is 14.9 Å². The summed E-state index contributed by atoms with van der Waals surface area (Å²) in [6, 6.07) is 22.7. The number of hydrogen-bond acceptors (Lipinski definition) is 8. The van der Waals surface area contributed by atoms with Crippen LogP contribution in [0.5, 0.6) is 11.5 Å². The van der Waals surface area contributed by atoms with Gasteiger partial charge in [-0.3, -0.25) is 4.79 Å². The second kappa shape index (κ2) is 11.9. The highest BCUT2D eigenvalue weighted by Crippen LogP contribution is 2.35. The van der Waals surface area contributed by atoms with E-state index in [0.717, 1.165) is 24.9 Å². The number of nitrogen functional groups attached to an aromatic ring is 2. The third kappa shape index (κ3) is 5.76. The van der Waals surface area contributed by atoms with Gasteiger partial charge in [-0.2, -0.15) is 4.98 Å². The summed E-state index contributed by atoms with van der Waals surface area (Å²) < 4.78 is 11.2. The minimum Gasteiger partial charge on any atom is -0.493 e. The molecule has 0 bridgehead atoms. The molecule has 1 unspecified atom stereocenters. The van der Waals surface area contributed by atoms with E-state index >= 15 is 0 Å². The molecule has 0 radical (unpaired) electrons. The van der Waals surface area contributed by atoms with Gasteiger partial charge in [-0.1, -0.05) is 54.6 Å². The molecule has 1 atom stereocenters. The lowest BCUT2D eigenvalue weighted by Crippen LogP contribution is -2.32. The van der Waals surface area contributed by atoms with Crippen LogP contribution in [0.3, 0.4) is 0 Å². The third-order valence-electron chi connectivity index (χ3n) is 7.26. The summed E-state index contributed by atoms with van der Waals surface area (Å²) in [5.74, 6) is 1.06. The van der Waals surface area contributed by atoms with Gasteiger partial charge in [0.05, 0.1) is 25.8 Å². The normalized spacial score (nSPS) is 14.7. The average molecular weight is 536 g/mol. The summed E-state index contributed by atoms with van der Waals surface area (Å²) in [6.45, 7) is 0.815. The zero-order valence-corrected chi connectivity index (χ0v) is 22.7. The minimum absolute atomic E-state index is 0.112. The SMILES string of the molecule is COc1cc(Cc2cnc(N)nc2N)cc(C(=O)/C=C/N2CCc3ccccc3C2Cc2ccccc2)c1OC. The van der Waals surface area contributed by atoms with Crippen LogP contribution in [0.15, 0.2) is 85.2 Å². The largest absolute Gasteiger partial charge is 0.493 e. The lowest BCUT2D eigenvalue weighted by atomic mass is 9.89. The Hall–Kier alpha value is -4.85. The molecule has 1 aliphatic heterocycles. The van der Waals surface area contributed by atoms with Crippen LogP contribution in [0.2, 0.25) is 0 Å². The first-order valence-corrected chi connectivity index (χ1v) is 13.2. The number of rotatable bonds is 9. The quantitative estimate of drug-likeness (QED) is 0.232. The lowest BCUT2D eigenvalue weighted by Gasteiger charge is -2.37. The van der Waals surface area contributed by atoms with Crippen molar-refractivity contribution in [3.63, 3.8) is 0 Å². The number of anilines is 2. The van der Waals surface area contributed by atoms with Crippen LogP contribution < -0.4 is 20.9 Å². The minimum atomic E-state index is -0.184. The summed E-state index contributed by atoms with van der Waals surface area (Å²) in [5, 5.41) is 0. The van der Waals surface area contributed by atoms with Crippen molar-refractivity contribution in [3.05, 3.63) is 119 Å². The van der Waals surface area contributed by atoms with Crippen LogP contribution in [-0.2, 0) is 19.3 Å². The summed E-state index contributed by atoms with van der Waals surface area (Å²) >= 11 is 0. The van der Waals surface area contributed by atoms with E-state index in [4.69, 9.17) is 20.9 Å². The first-order chi connectivity index (χ1) is 19.5. The van der Waals surface area contributed by atoms with Gasteiger partial charge in [-0.05, 0) is 47.2 Å². The van der Waals surface area contributed by atoms with E-state index in [0.29, 0.717) is 34.9 Å². The van der Waals surface area contributed by atoms with Gasteiger partial charge < -0.3 is 25.8 Å². The van der Waals surface area contributed by atoms with E-state index in [9.17, 15) is 4.79 Å². The fraction of sp³-hybridized carbons (Fsp3) is 0.219. The molecular formula is C32H33N5O3. The molecule has 0 aliphatic carbocycles. The summed E-state index contributed by atoms with van der Waals surface area (Å²) in [5.41, 5.74) is 17.5. The van der Waals surface area contributed by atoms with Gasteiger partial charge in [-0.15, -0.1) is 0 Å². The van der Waals surface area contributed by atoms with E-state index in [2.05, 4.69) is 63.4 Å². The monoisotopic (exact) mass is 535 g/mol. The second-order valence-electron chi connectivity index (χ2n) is 9.77. The van der Waals surface area contributed by atoms with Gasteiger partial charge in [0.1, 0.15) is 5.82 Å². The fourth-order valence-corrected chi connectivity index (χ4v) is 5.26. The number of hydrogen-bond donors (Lipinski definition) is 2. The van der Waals surface area contributed by atoms with Crippen molar-refractivity contribution in [1.29, 1.82) is 0 Å². The molecule has 5 rings (SSSR count). The van der Waals surface area contributed by atoms with Crippen LogP contribution in [0, 0.1) is 0 Å². The van der Waals surface area contributed by atoms with Crippen LogP contribution >= 0.6 is 0 Å². The maximum absolute atomic E-state index is 13.6. The van der Waals surface area contributed by atoms with Crippen molar-refractivity contribution in [2.75, 3.05) is 32.2 Å². The van der Waals surface area contributed by atoms with E-state index in [-0.39, 0.29) is 17.8 Å². The molecule has 0 saturated carbocycles. The molecule has 0 amide bonds. The molecule has 2 heterocycles. The van der Waals surface area contributed by atoms with Gasteiger partial charge in [0.15, 0.2) is 17.3 Å². The van der Waals surface area contributed by atoms with Crippen LogP contribution in [0.1, 0.15) is 44.2 Å². The smallest absolute Gasteiger partial charge is 0.221 e. The Morgan fingerprint density at radius 2 is 1.80 bits per heavy atom. The Bertz CT molecular complexity index is 1540. The Kier molecular flexibility index (Phi) is 7.96. The molecule has 8 nitrogen and oxygen atoms in total. The number of ether oxygens (including phenoxy) is 2. The van der Waals surface area contributed by atoms with Crippen molar-refractivity contribution < 1.29 is 14.3 Å². The Morgan fingerprint density at radius 3 is 2.55 bits per heavy atom. The highest BCUT2D eigenvalue weighted by atomic mass is 16.5. The Labute approximate surface area is 234 Å². The highest BCUT2D eigenvalue weighted by Gasteiger charge is 2.26. The number of methoxy groups -OCH3 is 2. The van der Waals surface area contributed by atoms with Crippen molar-refractivity contribution >= 4 is 17.5 Å². The van der Waals surface area contributed by atoms with E-state index < -0.39 is 0 Å². The molecule has 0 fully saturated rings. The van der Waals surface area contributed by atoms with Crippen molar-refractivity contribution in [2.24, 2.45) is 0 Å². The van der Waals surface area contributed by atoms with Crippen LogP contribution in [0.25, 0.3) is 0 Å². The van der Waals surface area contributed by atoms with Crippen LogP contribution in [-0.4, -0.2) is 41.4 Å². The maximum atomic E-state index is 13.6. The first kappa shape index (κ1) is 26.7. The molecule has 40 heavy (non-hydrogen) atoms. The molecule has 0 spiro atoms. The fourth-order valence-electron chi connectivity index (χ4n) is 5.26. The topological polar surface area (TPSA) is 117 Å². The zero-order valence-electron chi connectivity index (χ0n) is 22.7. The number of carbonyl (C=O) groups is 1. The molecule has 4 aromatic rings.